The summed E-state index contributed by atoms with van der Waals surface area (Å²) in [5.41, 5.74) is 11.6. The molecule has 2 N–H and O–H groups in total. The Morgan fingerprint density at radius 1 is 0.973 bits per heavy atom. The fourth-order valence-corrected chi connectivity index (χ4v) is 4.89. The molecule has 1 saturated heterocycles. The Morgan fingerprint density at radius 3 is 2.46 bits per heavy atom. The lowest BCUT2D eigenvalue weighted by molar-refractivity contribution is 0.0532. The average Bonchev–Trinajstić information content (AvgIpc) is 3.68. The predicted octanol–water partition coefficient (Wildman–Crippen LogP) is 3.19. The van der Waals surface area contributed by atoms with Gasteiger partial charge in [-0.2, -0.15) is 0 Å². The van der Waals surface area contributed by atoms with Crippen molar-refractivity contribution in [2.24, 2.45) is 5.73 Å². The lowest BCUT2D eigenvalue weighted by Crippen LogP contribution is -2.50. The van der Waals surface area contributed by atoms with Crippen molar-refractivity contribution in [2.75, 3.05) is 26.2 Å². The normalized spacial score (nSPS) is 15.8. The number of hydrogen-bond acceptors (Lipinski definition) is 6. The monoisotopic (exact) mass is 495 g/mol. The van der Waals surface area contributed by atoms with E-state index in [4.69, 9.17) is 10.7 Å². The van der Waals surface area contributed by atoms with Crippen LogP contribution in [0.2, 0.25) is 0 Å². The molecule has 2 aliphatic rings. The van der Waals surface area contributed by atoms with E-state index in [1.807, 2.05) is 36.4 Å². The number of carbonyl (C=O) groups is 2. The van der Waals surface area contributed by atoms with Crippen molar-refractivity contribution in [2.45, 2.75) is 32.4 Å². The number of rotatable bonds is 5. The molecule has 2 amide bonds. The van der Waals surface area contributed by atoms with Crippen LogP contribution in [0.5, 0.6) is 0 Å². The molecular weight excluding hydrogens is 466 g/mol. The maximum Gasteiger partial charge on any atom is 0.276 e. The standard InChI is InChI=1S/C28H29N7O2/c1-18-13-24(20-4-2-3-19(14-20)16-29)30-25-15-21(5-8-23(18)25)27(36)33-9-11-34(12-10-33)28(37)26-17-35(32-31-26)22-6-7-22/h2-5,8,13-15,17,22H,6-7,9-12,16,29H2,1H3. The molecular formula is C28H29N7O2. The first-order chi connectivity index (χ1) is 18.0. The van der Waals surface area contributed by atoms with E-state index in [0.717, 1.165) is 46.1 Å². The first kappa shape index (κ1) is 23.3. The van der Waals surface area contributed by atoms with Gasteiger partial charge in [-0.25, -0.2) is 9.67 Å². The van der Waals surface area contributed by atoms with Crippen molar-refractivity contribution in [3.63, 3.8) is 0 Å². The van der Waals surface area contributed by atoms with E-state index in [1.54, 1.807) is 20.7 Å². The minimum atomic E-state index is -0.129. The largest absolute Gasteiger partial charge is 0.335 e. The maximum absolute atomic E-state index is 13.4. The molecule has 1 saturated carbocycles. The van der Waals surface area contributed by atoms with Crippen LogP contribution in [-0.4, -0.2) is 67.8 Å². The summed E-state index contributed by atoms with van der Waals surface area (Å²) in [6, 6.07) is 16.2. The summed E-state index contributed by atoms with van der Waals surface area (Å²) in [5.74, 6) is -0.181. The predicted molar refractivity (Wildman–Crippen MR) is 140 cm³/mol. The SMILES string of the molecule is Cc1cc(-c2cccc(CN)c2)nc2cc(C(=O)N3CCN(C(=O)c4cn(C5CC5)nn4)CC3)ccc12. The molecule has 4 aromatic rings. The van der Waals surface area contributed by atoms with E-state index in [-0.39, 0.29) is 11.8 Å². The maximum atomic E-state index is 13.4. The van der Waals surface area contributed by atoms with Crippen LogP contribution in [0.1, 0.15) is 50.9 Å². The van der Waals surface area contributed by atoms with Gasteiger partial charge in [0, 0.05) is 49.2 Å². The van der Waals surface area contributed by atoms with Gasteiger partial charge in [-0.1, -0.05) is 29.5 Å². The Bertz CT molecular complexity index is 1500. The van der Waals surface area contributed by atoms with Gasteiger partial charge >= 0.3 is 0 Å². The number of aryl methyl sites for hydroxylation is 1. The van der Waals surface area contributed by atoms with E-state index < -0.39 is 0 Å². The molecule has 9 nitrogen and oxygen atoms in total. The second-order valence-electron chi connectivity index (χ2n) is 9.86. The molecule has 1 aliphatic heterocycles. The number of fused-ring (bicyclic) bond motifs is 1. The zero-order valence-corrected chi connectivity index (χ0v) is 20.8. The molecule has 2 aromatic heterocycles. The summed E-state index contributed by atoms with van der Waals surface area (Å²) in [6.45, 7) is 4.40. The number of amides is 2. The molecule has 3 heterocycles. The molecule has 2 aromatic carbocycles. The number of aromatic nitrogens is 4. The van der Waals surface area contributed by atoms with Crippen molar-refractivity contribution < 1.29 is 9.59 Å². The summed E-state index contributed by atoms with van der Waals surface area (Å²) in [4.78, 5) is 34.6. The van der Waals surface area contributed by atoms with Crippen LogP contribution in [-0.2, 0) is 6.54 Å². The second kappa shape index (κ2) is 9.40. The lowest BCUT2D eigenvalue weighted by Gasteiger charge is -2.34. The number of benzene rings is 2. The summed E-state index contributed by atoms with van der Waals surface area (Å²) in [5, 5.41) is 9.16. The number of hydrogen-bond donors (Lipinski definition) is 1. The third-order valence-corrected chi connectivity index (χ3v) is 7.23. The van der Waals surface area contributed by atoms with Crippen LogP contribution in [0, 0.1) is 6.92 Å². The quantitative estimate of drug-likeness (QED) is 0.455. The van der Waals surface area contributed by atoms with Crippen LogP contribution in [0.3, 0.4) is 0 Å². The highest BCUT2D eigenvalue weighted by Crippen LogP contribution is 2.33. The van der Waals surface area contributed by atoms with Crippen LogP contribution < -0.4 is 5.73 Å². The van der Waals surface area contributed by atoms with Crippen LogP contribution >= 0.6 is 0 Å². The lowest BCUT2D eigenvalue weighted by atomic mass is 10.0. The number of nitrogens with zero attached hydrogens (tertiary/aromatic N) is 6. The zero-order valence-electron chi connectivity index (χ0n) is 20.8. The van der Waals surface area contributed by atoms with Gasteiger partial charge < -0.3 is 15.5 Å². The summed E-state index contributed by atoms with van der Waals surface area (Å²) >= 11 is 0. The van der Waals surface area contributed by atoms with Crippen LogP contribution in [0.25, 0.3) is 22.2 Å². The molecule has 2 fully saturated rings. The molecule has 9 heteroatoms. The first-order valence-corrected chi connectivity index (χ1v) is 12.7. The highest BCUT2D eigenvalue weighted by Gasteiger charge is 2.29. The highest BCUT2D eigenvalue weighted by molar-refractivity contribution is 5.99. The Labute approximate surface area is 214 Å². The van der Waals surface area contributed by atoms with Gasteiger partial charge in [-0.05, 0) is 55.2 Å². The van der Waals surface area contributed by atoms with Crippen LogP contribution in [0.15, 0.2) is 54.7 Å². The van der Waals surface area contributed by atoms with E-state index in [0.29, 0.717) is 50.0 Å². The van der Waals surface area contributed by atoms with Gasteiger partial charge in [0.05, 0.1) is 23.4 Å². The van der Waals surface area contributed by atoms with E-state index in [9.17, 15) is 9.59 Å². The van der Waals surface area contributed by atoms with Crippen molar-refractivity contribution in [3.8, 4) is 11.3 Å². The Kier molecular flexibility index (Phi) is 5.92. The van der Waals surface area contributed by atoms with E-state index in [1.165, 1.54) is 0 Å². The molecule has 6 rings (SSSR count). The number of nitrogens with two attached hydrogens (primary N) is 1. The molecule has 37 heavy (non-hydrogen) atoms. The van der Waals surface area contributed by atoms with Gasteiger partial charge in [-0.15, -0.1) is 5.10 Å². The molecule has 0 spiro atoms. The van der Waals surface area contributed by atoms with Gasteiger partial charge in [0.2, 0.25) is 0 Å². The smallest absolute Gasteiger partial charge is 0.276 e. The second-order valence-corrected chi connectivity index (χ2v) is 9.86. The summed E-state index contributed by atoms with van der Waals surface area (Å²) < 4.78 is 1.78. The highest BCUT2D eigenvalue weighted by atomic mass is 16.2. The Balaban J connectivity index is 1.17. The number of piperazine rings is 1. The average molecular weight is 496 g/mol. The topological polar surface area (TPSA) is 110 Å². The number of pyridine rings is 1. The van der Waals surface area contributed by atoms with Crippen LogP contribution in [0.4, 0.5) is 0 Å². The Hall–Kier alpha value is -4.11. The molecule has 0 atom stereocenters. The molecule has 0 unspecified atom stereocenters. The summed E-state index contributed by atoms with van der Waals surface area (Å²) in [7, 11) is 0. The minimum Gasteiger partial charge on any atom is -0.335 e. The van der Waals surface area contributed by atoms with Gasteiger partial charge in [-0.3, -0.25) is 9.59 Å². The van der Waals surface area contributed by atoms with Gasteiger partial charge in [0.15, 0.2) is 5.69 Å². The minimum absolute atomic E-state index is 0.0522. The van der Waals surface area contributed by atoms with Crippen molar-refractivity contribution in [1.82, 2.24) is 29.8 Å². The van der Waals surface area contributed by atoms with Crippen molar-refractivity contribution in [3.05, 3.63) is 77.1 Å². The van der Waals surface area contributed by atoms with E-state index in [2.05, 4.69) is 29.4 Å². The molecule has 188 valence electrons. The third kappa shape index (κ3) is 4.58. The molecule has 1 aliphatic carbocycles. The van der Waals surface area contributed by atoms with Gasteiger partial charge in [0.1, 0.15) is 0 Å². The van der Waals surface area contributed by atoms with Gasteiger partial charge in [0.25, 0.3) is 11.8 Å². The fraction of sp³-hybridized carbons (Fsp3) is 0.321. The number of carbonyl (C=O) groups excluding carboxylic acids is 2. The molecule has 0 radical (unpaired) electrons. The third-order valence-electron chi connectivity index (χ3n) is 7.23. The zero-order chi connectivity index (χ0) is 25.5. The fourth-order valence-electron chi connectivity index (χ4n) is 4.89. The van der Waals surface area contributed by atoms with E-state index >= 15 is 0 Å². The van der Waals surface area contributed by atoms with Crippen molar-refractivity contribution >= 4 is 22.7 Å². The van der Waals surface area contributed by atoms with Crippen molar-refractivity contribution in [1.29, 1.82) is 0 Å². The summed E-state index contributed by atoms with van der Waals surface area (Å²) in [6.07, 6.45) is 3.91. The molecule has 0 bridgehead atoms. The first-order valence-electron chi connectivity index (χ1n) is 12.7. The Morgan fingerprint density at radius 2 is 1.73 bits per heavy atom.